The van der Waals surface area contributed by atoms with Crippen molar-refractivity contribution in [3.63, 3.8) is 0 Å². The lowest BCUT2D eigenvalue weighted by Crippen LogP contribution is -2.28. The minimum Gasteiger partial charge on any atom is -0.495 e. The molecule has 0 atom stereocenters. The maximum absolute atomic E-state index is 13.1. The highest BCUT2D eigenvalue weighted by atomic mass is 32.2. The number of carbonyl (C=O) groups excluding carboxylic acids is 1. The number of rotatable bonds is 6. The van der Waals surface area contributed by atoms with Crippen LogP contribution < -0.4 is 10.1 Å². The van der Waals surface area contributed by atoms with Crippen LogP contribution in [0, 0.1) is 0 Å². The highest BCUT2D eigenvalue weighted by molar-refractivity contribution is 7.89. The molecule has 0 saturated carbocycles. The zero-order valence-electron chi connectivity index (χ0n) is 18.5. The van der Waals surface area contributed by atoms with Gasteiger partial charge in [0.15, 0.2) is 0 Å². The van der Waals surface area contributed by atoms with E-state index in [-0.39, 0.29) is 16.2 Å². The normalized spacial score (nSPS) is 14.4. The average molecular weight is 494 g/mol. The Labute approximate surface area is 202 Å². The molecule has 1 aliphatic heterocycles. The summed E-state index contributed by atoms with van der Waals surface area (Å²) in [5, 5.41) is 3.75. The number of ether oxygens (including phenoxy) is 1. The number of nitrogens with one attached hydrogen (secondary N) is 1. The first-order chi connectivity index (χ1) is 16.5. The molecule has 1 amide bonds. The molecule has 1 fully saturated rings. The van der Waals surface area contributed by atoms with E-state index in [0.29, 0.717) is 18.8 Å². The predicted molar refractivity (Wildman–Crippen MR) is 134 cm³/mol. The Kier molecular flexibility index (Phi) is 6.07. The molecule has 4 aromatic rings. The summed E-state index contributed by atoms with van der Waals surface area (Å²) in [6, 6.07) is 19.9. The average Bonchev–Trinajstić information content (AvgIpc) is 3.55. The molecule has 1 saturated heterocycles. The topological polar surface area (TPSA) is 88.6 Å². The van der Waals surface area contributed by atoms with E-state index in [1.807, 2.05) is 48.5 Å². The number of carbonyl (C=O) groups is 1. The van der Waals surface area contributed by atoms with Gasteiger partial charge in [-0.25, -0.2) is 13.4 Å². The van der Waals surface area contributed by atoms with E-state index in [1.54, 1.807) is 17.4 Å². The van der Waals surface area contributed by atoms with Gasteiger partial charge in [0.1, 0.15) is 15.7 Å². The largest absolute Gasteiger partial charge is 0.495 e. The molecular formula is C25H23N3O4S2. The highest BCUT2D eigenvalue weighted by Gasteiger charge is 2.30. The highest BCUT2D eigenvalue weighted by Crippen LogP contribution is 2.32. The summed E-state index contributed by atoms with van der Waals surface area (Å²) in [5.41, 5.74) is 2.77. The fourth-order valence-electron chi connectivity index (χ4n) is 3.98. The Morgan fingerprint density at radius 3 is 2.47 bits per heavy atom. The molecule has 3 aromatic carbocycles. The van der Waals surface area contributed by atoms with E-state index < -0.39 is 15.9 Å². The molecule has 0 aliphatic carbocycles. The number of benzene rings is 3. The molecule has 1 aromatic heterocycles. The van der Waals surface area contributed by atoms with Crippen LogP contribution in [0.2, 0.25) is 0 Å². The van der Waals surface area contributed by atoms with Crippen LogP contribution in [0.5, 0.6) is 5.75 Å². The number of aromatic nitrogens is 1. The Balaban J connectivity index is 1.37. The number of anilines is 1. The number of sulfonamides is 1. The second kappa shape index (κ2) is 9.17. The van der Waals surface area contributed by atoms with Crippen molar-refractivity contribution in [3.8, 4) is 16.3 Å². The summed E-state index contributed by atoms with van der Waals surface area (Å²) in [7, 11) is -2.31. The molecule has 0 spiro atoms. The van der Waals surface area contributed by atoms with Crippen LogP contribution in [0.25, 0.3) is 20.8 Å². The van der Waals surface area contributed by atoms with Crippen molar-refractivity contribution >= 4 is 43.2 Å². The second-order valence-corrected chi connectivity index (χ2v) is 10.9. The van der Waals surface area contributed by atoms with E-state index in [0.717, 1.165) is 33.6 Å². The van der Waals surface area contributed by atoms with Gasteiger partial charge in [0, 0.05) is 29.9 Å². The first-order valence-electron chi connectivity index (χ1n) is 10.9. The van der Waals surface area contributed by atoms with Gasteiger partial charge in [0.2, 0.25) is 10.0 Å². The van der Waals surface area contributed by atoms with Gasteiger partial charge in [-0.1, -0.05) is 12.1 Å². The zero-order valence-corrected chi connectivity index (χ0v) is 20.2. The van der Waals surface area contributed by atoms with Gasteiger partial charge < -0.3 is 10.1 Å². The maximum Gasteiger partial charge on any atom is 0.255 e. The lowest BCUT2D eigenvalue weighted by molar-refractivity contribution is 0.102. The SMILES string of the molecule is COc1ccc(C(=O)Nc2ccc(-c3nc4ccccc4s3)cc2)cc1S(=O)(=O)N1CCCC1. The van der Waals surface area contributed by atoms with Gasteiger partial charge in [-0.15, -0.1) is 11.3 Å². The van der Waals surface area contributed by atoms with Gasteiger partial charge >= 0.3 is 0 Å². The molecule has 0 radical (unpaired) electrons. The maximum atomic E-state index is 13.1. The van der Waals surface area contributed by atoms with E-state index in [4.69, 9.17) is 4.74 Å². The standard InChI is InChI=1S/C25H23N3O4S2/c1-32-21-13-10-18(16-23(21)34(30,31)28-14-4-5-15-28)24(29)26-19-11-8-17(9-12-19)25-27-20-6-2-3-7-22(20)33-25/h2-3,6-13,16H,4-5,14-15H2,1H3,(H,26,29). The van der Waals surface area contributed by atoms with Gasteiger partial charge in [-0.3, -0.25) is 4.79 Å². The van der Waals surface area contributed by atoms with E-state index in [2.05, 4.69) is 10.3 Å². The Morgan fingerprint density at radius 2 is 1.76 bits per heavy atom. The summed E-state index contributed by atoms with van der Waals surface area (Å²) in [6.45, 7) is 0.950. The van der Waals surface area contributed by atoms with Crippen LogP contribution in [0.15, 0.2) is 71.6 Å². The van der Waals surface area contributed by atoms with Crippen LogP contribution in [-0.4, -0.2) is 43.8 Å². The van der Waals surface area contributed by atoms with Crippen molar-refractivity contribution < 1.29 is 17.9 Å². The molecule has 0 unspecified atom stereocenters. The van der Waals surface area contributed by atoms with Crippen LogP contribution in [0.1, 0.15) is 23.2 Å². The number of amides is 1. The van der Waals surface area contributed by atoms with Crippen molar-refractivity contribution in [1.29, 1.82) is 0 Å². The molecule has 0 bridgehead atoms. The fraction of sp³-hybridized carbons (Fsp3) is 0.200. The number of fused-ring (bicyclic) bond motifs is 1. The minimum absolute atomic E-state index is 0.00994. The monoisotopic (exact) mass is 493 g/mol. The third-order valence-corrected chi connectivity index (χ3v) is 8.80. The Hall–Kier alpha value is -3.27. The number of thiazole rings is 1. The van der Waals surface area contributed by atoms with Crippen molar-refractivity contribution in [2.24, 2.45) is 0 Å². The van der Waals surface area contributed by atoms with Crippen molar-refractivity contribution in [3.05, 3.63) is 72.3 Å². The fourth-order valence-corrected chi connectivity index (χ4v) is 6.65. The number of hydrogen-bond donors (Lipinski definition) is 1. The van der Waals surface area contributed by atoms with Crippen LogP contribution >= 0.6 is 11.3 Å². The van der Waals surface area contributed by atoms with E-state index in [1.165, 1.54) is 23.5 Å². The zero-order chi connectivity index (χ0) is 23.7. The number of nitrogens with zero attached hydrogens (tertiary/aromatic N) is 2. The van der Waals surface area contributed by atoms with Gasteiger partial charge in [-0.05, 0) is 67.4 Å². The lowest BCUT2D eigenvalue weighted by Gasteiger charge is -2.18. The minimum atomic E-state index is -3.74. The number of hydrogen-bond acceptors (Lipinski definition) is 6. The van der Waals surface area contributed by atoms with Crippen molar-refractivity contribution in [2.45, 2.75) is 17.7 Å². The Morgan fingerprint density at radius 1 is 1.03 bits per heavy atom. The summed E-state index contributed by atoms with van der Waals surface area (Å²) >= 11 is 1.61. The van der Waals surface area contributed by atoms with Gasteiger partial charge in [0.05, 0.1) is 17.3 Å². The quantitative estimate of drug-likeness (QED) is 0.408. The first kappa shape index (κ1) is 22.5. The van der Waals surface area contributed by atoms with Crippen molar-refractivity contribution in [2.75, 3.05) is 25.5 Å². The van der Waals surface area contributed by atoms with Crippen LogP contribution in [0.3, 0.4) is 0 Å². The Bertz CT molecular complexity index is 1420. The lowest BCUT2D eigenvalue weighted by atomic mass is 10.1. The molecule has 1 N–H and O–H groups in total. The molecule has 7 nitrogen and oxygen atoms in total. The summed E-state index contributed by atoms with van der Waals surface area (Å²) in [6.07, 6.45) is 1.66. The summed E-state index contributed by atoms with van der Waals surface area (Å²) < 4.78 is 34.0. The van der Waals surface area contributed by atoms with Crippen molar-refractivity contribution in [1.82, 2.24) is 9.29 Å². The predicted octanol–water partition coefficient (Wildman–Crippen LogP) is 5.01. The smallest absolute Gasteiger partial charge is 0.255 e. The first-order valence-corrected chi connectivity index (χ1v) is 13.2. The van der Waals surface area contributed by atoms with Crippen LogP contribution in [0.4, 0.5) is 5.69 Å². The molecule has 2 heterocycles. The summed E-state index contributed by atoms with van der Waals surface area (Å²) in [4.78, 5) is 17.6. The van der Waals surface area contributed by atoms with Gasteiger partial charge in [-0.2, -0.15) is 4.31 Å². The molecule has 174 valence electrons. The third kappa shape index (κ3) is 4.29. The molecule has 1 aliphatic rings. The van der Waals surface area contributed by atoms with E-state index >= 15 is 0 Å². The van der Waals surface area contributed by atoms with Crippen LogP contribution in [-0.2, 0) is 10.0 Å². The third-order valence-electron chi connectivity index (χ3n) is 5.79. The van der Waals surface area contributed by atoms with Gasteiger partial charge in [0.25, 0.3) is 5.91 Å². The van der Waals surface area contributed by atoms with E-state index in [9.17, 15) is 13.2 Å². The second-order valence-electron chi connectivity index (χ2n) is 8.00. The molecule has 5 rings (SSSR count). The number of para-hydroxylation sites is 1. The molecule has 9 heteroatoms. The number of methoxy groups -OCH3 is 1. The summed E-state index contributed by atoms with van der Waals surface area (Å²) in [5.74, 6) is -0.170. The molecular weight excluding hydrogens is 470 g/mol. The molecule has 34 heavy (non-hydrogen) atoms.